The third-order valence-corrected chi connectivity index (χ3v) is 5.35. The summed E-state index contributed by atoms with van der Waals surface area (Å²) in [4.78, 5) is 11.3. The first-order valence-corrected chi connectivity index (χ1v) is 8.59. The first-order chi connectivity index (χ1) is 9.78. The van der Waals surface area contributed by atoms with Gasteiger partial charge in [0.05, 0.1) is 10.8 Å². The number of aryl methyl sites for hydroxylation is 2. The van der Waals surface area contributed by atoms with E-state index in [-0.39, 0.29) is 10.9 Å². The zero-order valence-corrected chi connectivity index (χ0v) is 13.1. The highest BCUT2D eigenvalue weighted by Crippen LogP contribution is 2.26. The van der Waals surface area contributed by atoms with Crippen LogP contribution < -0.4 is 4.72 Å². The number of nitrogens with one attached hydrogen (secondary N) is 1. The van der Waals surface area contributed by atoms with Crippen LogP contribution in [-0.4, -0.2) is 25.5 Å². The van der Waals surface area contributed by atoms with Crippen molar-refractivity contribution in [1.82, 2.24) is 4.72 Å². The highest BCUT2D eigenvalue weighted by molar-refractivity contribution is 7.89. The van der Waals surface area contributed by atoms with E-state index >= 15 is 0 Å². The molecular weight excluding hydrogens is 290 g/mol. The van der Waals surface area contributed by atoms with Gasteiger partial charge in [-0.2, -0.15) is 0 Å². The van der Waals surface area contributed by atoms with Gasteiger partial charge in [-0.3, -0.25) is 4.79 Å². The fourth-order valence-electron chi connectivity index (χ4n) is 2.90. The van der Waals surface area contributed by atoms with Gasteiger partial charge in [0.15, 0.2) is 0 Å². The molecule has 2 atom stereocenters. The fourth-order valence-corrected chi connectivity index (χ4v) is 4.37. The molecule has 0 aromatic heterocycles. The second-order valence-corrected chi connectivity index (χ2v) is 7.56. The summed E-state index contributed by atoms with van der Waals surface area (Å²) in [6.45, 7) is 3.71. The molecule has 1 aliphatic rings. The Bertz CT molecular complexity index is 619. The average molecular weight is 311 g/mol. The van der Waals surface area contributed by atoms with Crippen molar-refractivity contribution >= 4 is 16.0 Å². The predicted molar refractivity (Wildman–Crippen MR) is 79.6 cm³/mol. The highest BCUT2D eigenvalue weighted by atomic mass is 32.2. The van der Waals surface area contributed by atoms with Gasteiger partial charge in [-0.05, 0) is 56.4 Å². The minimum absolute atomic E-state index is 0.248. The lowest BCUT2D eigenvalue weighted by Crippen LogP contribution is -2.39. The van der Waals surface area contributed by atoms with E-state index in [0.717, 1.165) is 17.5 Å². The van der Waals surface area contributed by atoms with E-state index in [0.29, 0.717) is 19.3 Å². The van der Waals surface area contributed by atoms with Crippen LogP contribution >= 0.6 is 0 Å². The van der Waals surface area contributed by atoms with Crippen LogP contribution in [0.5, 0.6) is 0 Å². The van der Waals surface area contributed by atoms with Crippen LogP contribution in [0.3, 0.4) is 0 Å². The molecule has 1 aromatic carbocycles. The Morgan fingerprint density at radius 2 is 1.81 bits per heavy atom. The minimum Gasteiger partial charge on any atom is -0.481 e. The number of sulfonamides is 1. The standard InChI is InChI=1S/C15H21NO4S/c1-10-6-11(2)8-14(7-10)21(19,20)16-13-5-3-4-12(9-13)15(17)18/h6-8,12-13,16H,3-5,9H2,1-2H3,(H,17,18). The molecule has 1 aliphatic carbocycles. The second kappa shape index (κ2) is 6.15. The molecule has 0 aliphatic heterocycles. The van der Waals surface area contributed by atoms with E-state index in [2.05, 4.69) is 4.72 Å². The molecule has 0 bridgehead atoms. The largest absolute Gasteiger partial charge is 0.481 e. The summed E-state index contributed by atoms with van der Waals surface area (Å²) in [6, 6.07) is 4.88. The molecule has 2 rings (SSSR count). The first-order valence-electron chi connectivity index (χ1n) is 7.11. The Balaban J connectivity index is 2.15. The molecule has 2 N–H and O–H groups in total. The molecule has 0 radical (unpaired) electrons. The van der Waals surface area contributed by atoms with Crippen LogP contribution in [0.15, 0.2) is 23.1 Å². The Labute approximate surface area is 125 Å². The second-order valence-electron chi connectivity index (χ2n) is 5.84. The molecule has 116 valence electrons. The third-order valence-electron chi connectivity index (χ3n) is 3.85. The maximum atomic E-state index is 12.4. The van der Waals surface area contributed by atoms with E-state index in [1.165, 1.54) is 0 Å². The monoisotopic (exact) mass is 311 g/mol. The molecule has 2 unspecified atom stereocenters. The number of carboxylic acids is 1. The summed E-state index contributed by atoms with van der Waals surface area (Å²) >= 11 is 0. The molecule has 1 saturated carbocycles. The summed E-state index contributed by atoms with van der Waals surface area (Å²) in [5.41, 5.74) is 1.78. The number of carboxylic acid groups (broad SMARTS) is 1. The van der Waals surface area contributed by atoms with Gasteiger partial charge in [0.2, 0.25) is 10.0 Å². The Kier molecular flexibility index (Phi) is 4.68. The maximum absolute atomic E-state index is 12.4. The van der Waals surface area contributed by atoms with Crippen LogP contribution in [0.25, 0.3) is 0 Å². The average Bonchev–Trinajstić information content (AvgIpc) is 2.37. The first kappa shape index (κ1) is 16.0. The molecule has 5 nitrogen and oxygen atoms in total. The number of hydrogen-bond acceptors (Lipinski definition) is 3. The van der Waals surface area contributed by atoms with Crippen molar-refractivity contribution in [3.05, 3.63) is 29.3 Å². The van der Waals surface area contributed by atoms with Gasteiger partial charge in [0, 0.05) is 6.04 Å². The lowest BCUT2D eigenvalue weighted by atomic mass is 9.86. The Hall–Kier alpha value is -1.40. The Morgan fingerprint density at radius 3 is 2.38 bits per heavy atom. The van der Waals surface area contributed by atoms with Crippen molar-refractivity contribution in [3.8, 4) is 0 Å². The van der Waals surface area contributed by atoms with Gasteiger partial charge in [0.25, 0.3) is 0 Å². The van der Waals surface area contributed by atoms with Crippen molar-refractivity contribution in [3.63, 3.8) is 0 Å². The Morgan fingerprint density at radius 1 is 1.19 bits per heavy atom. The van der Waals surface area contributed by atoms with E-state index < -0.39 is 21.9 Å². The van der Waals surface area contributed by atoms with E-state index in [9.17, 15) is 13.2 Å². The normalized spacial score (nSPS) is 23.0. The van der Waals surface area contributed by atoms with E-state index in [4.69, 9.17) is 5.11 Å². The quantitative estimate of drug-likeness (QED) is 0.893. The maximum Gasteiger partial charge on any atom is 0.306 e. The molecule has 0 spiro atoms. The zero-order chi connectivity index (χ0) is 15.6. The summed E-state index contributed by atoms with van der Waals surface area (Å²) in [6.07, 6.45) is 2.40. The van der Waals surface area contributed by atoms with Crippen molar-refractivity contribution < 1.29 is 18.3 Å². The molecule has 1 aromatic rings. The molecule has 0 heterocycles. The van der Waals surface area contributed by atoms with E-state index in [1.807, 2.05) is 19.9 Å². The number of carbonyl (C=O) groups is 1. The minimum atomic E-state index is -3.60. The third kappa shape index (κ3) is 4.04. The molecule has 1 fully saturated rings. The van der Waals surface area contributed by atoms with Gasteiger partial charge in [-0.25, -0.2) is 13.1 Å². The van der Waals surface area contributed by atoms with E-state index in [1.54, 1.807) is 12.1 Å². The van der Waals surface area contributed by atoms with Crippen LogP contribution in [-0.2, 0) is 14.8 Å². The SMILES string of the molecule is Cc1cc(C)cc(S(=O)(=O)NC2CCCC(C(=O)O)C2)c1. The van der Waals surface area contributed by atoms with Gasteiger partial charge in [-0.1, -0.05) is 12.5 Å². The topological polar surface area (TPSA) is 83.5 Å². The lowest BCUT2D eigenvalue weighted by molar-refractivity contribution is -0.143. The lowest BCUT2D eigenvalue weighted by Gasteiger charge is -2.27. The van der Waals surface area contributed by atoms with Gasteiger partial charge >= 0.3 is 5.97 Å². The molecule has 21 heavy (non-hydrogen) atoms. The number of hydrogen-bond donors (Lipinski definition) is 2. The summed E-state index contributed by atoms with van der Waals surface area (Å²) in [7, 11) is -3.60. The summed E-state index contributed by atoms with van der Waals surface area (Å²) < 4.78 is 27.5. The van der Waals surface area contributed by atoms with Crippen molar-refractivity contribution in [2.45, 2.75) is 50.5 Å². The highest BCUT2D eigenvalue weighted by Gasteiger charge is 2.30. The van der Waals surface area contributed by atoms with Crippen molar-refractivity contribution in [2.24, 2.45) is 5.92 Å². The van der Waals surface area contributed by atoms with Crippen LogP contribution in [0.4, 0.5) is 0 Å². The fraction of sp³-hybridized carbons (Fsp3) is 0.533. The predicted octanol–water partition coefficient (Wildman–Crippen LogP) is 2.23. The smallest absolute Gasteiger partial charge is 0.306 e. The van der Waals surface area contributed by atoms with Gasteiger partial charge < -0.3 is 5.11 Å². The van der Waals surface area contributed by atoms with Crippen LogP contribution in [0.1, 0.15) is 36.8 Å². The van der Waals surface area contributed by atoms with Crippen LogP contribution in [0, 0.1) is 19.8 Å². The van der Waals surface area contributed by atoms with Crippen molar-refractivity contribution in [1.29, 1.82) is 0 Å². The summed E-state index contributed by atoms with van der Waals surface area (Å²) in [5.74, 6) is -1.30. The number of aliphatic carboxylic acids is 1. The number of rotatable bonds is 4. The molecule has 0 amide bonds. The van der Waals surface area contributed by atoms with Gasteiger partial charge in [0.1, 0.15) is 0 Å². The van der Waals surface area contributed by atoms with Gasteiger partial charge in [-0.15, -0.1) is 0 Å². The summed E-state index contributed by atoms with van der Waals surface area (Å²) in [5, 5.41) is 9.07. The molecular formula is C15H21NO4S. The zero-order valence-electron chi connectivity index (χ0n) is 12.3. The molecule has 0 saturated heterocycles. The number of benzene rings is 1. The molecule has 6 heteroatoms. The van der Waals surface area contributed by atoms with Crippen molar-refractivity contribution in [2.75, 3.05) is 0 Å². The van der Waals surface area contributed by atoms with Crippen LogP contribution in [0.2, 0.25) is 0 Å².